The summed E-state index contributed by atoms with van der Waals surface area (Å²) in [5.74, 6) is 0.458. The van der Waals surface area contributed by atoms with Crippen LogP contribution in [0.3, 0.4) is 0 Å². The maximum atomic E-state index is 12.6. The number of hydrogen-bond acceptors (Lipinski definition) is 4. The number of nitrogens with one attached hydrogen (secondary N) is 2. The zero-order valence-corrected chi connectivity index (χ0v) is 17.9. The van der Waals surface area contributed by atoms with Crippen LogP contribution in [-0.4, -0.2) is 25.5 Å². The smallest absolute Gasteiger partial charge is 0.262 e. The predicted octanol–water partition coefficient (Wildman–Crippen LogP) is 4.41. The largest absolute Gasteiger partial charge is 0.497 e. The standard InChI is InChI=1S/C23H21BrN2O4/c1-29-19-6-4-5-16(13-19)14-25-23(28)20-7-2-3-8-21(20)30-15-22(27)26-18-11-9-17(24)10-12-18/h2-13H,14-15H2,1H3,(H,25,28)(H,26,27). The molecule has 154 valence electrons. The summed E-state index contributed by atoms with van der Waals surface area (Å²) >= 11 is 3.35. The molecule has 7 heteroatoms. The molecule has 2 amide bonds. The number of halogens is 1. The van der Waals surface area contributed by atoms with Gasteiger partial charge in [0.25, 0.3) is 11.8 Å². The molecule has 0 bridgehead atoms. The molecule has 0 saturated heterocycles. The SMILES string of the molecule is COc1cccc(CNC(=O)c2ccccc2OCC(=O)Nc2ccc(Br)cc2)c1. The van der Waals surface area contributed by atoms with E-state index in [-0.39, 0.29) is 18.4 Å². The highest BCUT2D eigenvalue weighted by Crippen LogP contribution is 2.19. The number of benzene rings is 3. The molecular weight excluding hydrogens is 448 g/mol. The summed E-state index contributed by atoms with van der Waals surface area (Å²) in [6.45, 7) is 0.130. The third-order valence-corrected chi connectivity index (χ3v) is 4.73. The van der Waals surface area contributed by atoms with E-state index in [4.69, 9.17) is 9.47 Å². The van der Waals surface area contributed by atoms with Crippen molar-refractivity contribution in [1.82, 2.24) is 5.32 Å². The van der Waals surface area contributed by atoms with E-state index in [1.165, 1.54) is 0 Å². The van der Waals surface area contributed by atoms with Crippen molar-refractivity contribution in [2.75, 3.05) is 19.0 Å². The molecule has 3 rings (SSSR count). The van der Waals surface area contributed by atoms with Gasteiger partial charge in [-0.15, -0.1) is 0 Å². The summed E-state index contributed by atoms with van der Waals surface area (Å²) in [5.41, 5.74) is 1.93. The molecule has 0 saturated carbocycles. The van der Waals surface area contributed by atoms with Crippen LogP contribution < -0.4 is 20.1 Å². The van der Waals surface area contributed by atoms with Crippen LogP contribution in [0.25, 0.3) is 0 Å². The molecule has 0 fully saturated rings. The minimum Gasteiger partial charge on any atom is -0.497 e. The van der Waals surface area contributed by atoms with E-state index in [1.807, 2.05) is 36.4 Å². The first kappa shape index (κ1) is 21.4. The topological polar surface area (TPSA) is 76.7 Å². The van der Waals surface area contributed by atoms with E-state index in [1.54, 1.807) is 43.5 Å². The maximum Gasteiger partial charge on any atom is 0.262 e. The normalized spacial score (nSPS) is 10.2. The van der Waals surface area contributed by atoms with E-state index in [2.05, 4.69) is 26.6 Å². The van der Waals surface area contributed by atoms with Gasteiger partial charge in [0.05, 0.1) is 12.7 Å². The monoisotopic (exact) mass is 468 g/mol. The van der Waals surface area contributed by atoms with Crippen molar-refractivity contribution in [2.24, 2.45) is 0 Å². The van der Waals surface area contributed by atoms with Crippen LogP contribution in [0, 0.1) is 0 Å². The molecule has 0 aromatic heterocycles. The highest BCUT2D eigenvalue weighted by atomic mass is 79.9. The number of hydrogen-bond donors (Lipinski definition) is 2. The highest BCUT2D eigenvalue weighted by Gasteiger charge is 2.13. The Morgan fingerprint density at radius 2 is 1.73 bits per heavy atom. The summed E-state index contributed by atoms with van der Waals surface area (Å²) in [6, 6.07) is 21.5. The van der Waals surface area contributed by atoms with Gasteiger partial charge >= 0.3 is 0 Å². The molecule has 2 N–H and O–H groups in total. The van der Waals surface area contributed by atoms with Gasteiger partial charge in [-0.1, -0.05) is 40.2 Å². The van der Waals surface area contributed by atoms with Gasteiger partial charge in [-0.25, -0.2) is 0 Å². The lowest BCUT2D eigenvalue weighted by atomic mass is 10.1. The molecule has 30 heavy (non-hydrogen) atoms. The van der Waals surface area contributed by atoms with Crippen LogP contribution in [0.1, 0.15) is 15.9 Å². The molecule has 0 heterocycles. The molecule has 0 aliphatic rings. The lowest BCUT2D eigenvalue weighted by molar-refractivity contribution is -0.118. The van der Waals surface area contributed by atoms with E-state index in [9.17, 15) is 9.59 Å². The minimum absolute atomic E-state index is 0.212. The molecule has 0 radical (unpaired) electrons. The quantitative estimate of drug-likeness (QED) is 0.513. The number of para-hydroxylation sites is 1. The van der Waals surface area contributed by atoms with Crippen LogP contribution in [0.4, 0.5) is 5.69 Å². The Morgan fingerprint density at radius 1 is 0.967 bits per heavy atom. The molecule has 6 nitrogen and oxygen atoms in total. The first-order chi connectivity index (χ1) is 14.5. The predicted molar refractivity (Wildman–Crippen MR) is 119 cm³/mol. The summed E-state index contributed by atoms with van der Waals surface area (Å²) in [7, 11) is 1.60. The Bertz CT molecular complexity index is 1020. The van der Waals surface area contributed by atoms with Crippen molar-refractivity contribution in [3.8, 4) is 11.5 Å². The summed E-state index contributed by atoms with van der Waals surface area (Å²) < 4.78 is 11.7. The van der Waals surface area contributed by atoms with E-state index in [0.717, 1.165) is 15.8 Å². The van der Waals surface area contributed by atoms with Crippen molar-refractivity contribution >= 4 is 33.4 Å². The van der Waals surface area contributed by atoms with Crippen molar-refractivity contribution < 1.29 is 19.1 Å². The van der Waals surface area contributed by atoms with Gasteiger partial charge in [0.1, 0.15) is 11.5 Å². The number of rotatable bonds is 8. The number of anilines is 1. The lowest BCUT2D eigenvalue weighted by Crippen LogP contribution is -2.25. The Hall–Kier alpha value is -3.32. The van der Waals surface area contributed by atoms with Crippen LogP contribution in [0.2, 0.25) is 0 Å². The van der Waals surface area contributed by atoms with Crippen molar-refractivity contribution in [3.63, 3.8) is 0 Å². The second-order valence-corrected chi connectivity index (χ2v) is 7.29. The second kappa shape index (κ2) is 10.5. The molecular formula is C23H21BrN2O4. The van der Waals surface area contributed by atoms with Gasteiger partial charge in [0, 0.05) is 16.7 Å². The van der Waals surface area contributed by atoms with Gasteiger partial charge in [0.15, 0.2) is 6.61 Å². The van der Waals surface area contributed by atoms with Crippen molar-refractivity contribution in [3.05, 3.63) is 88.4 Å². The molecule has 3 aromatic carbocycles. The third kappa shape index (κ3) is 6.09. The maximum absolute atomic E-state index is 12.6. The number of ether oxygens (including phenoxy) is 2. The summed E-state index contributed by atoms with van der Waals surface area (Å²) in [6.07, 6.45) is 0. The lowest BCUT2D eigenvalue weighted by Gasteiger charge is -2.12. The van der Waals surface area contributed by atoms with Crippen LogP contribution in [-0.2, 0) is 11.3 Å². The van der Waals surface area contributed by atoms with Gasteiger partial charge in [-0.2, -0.15) is 0 Å². The molecule has 0 unspecified atom stereocenters. The van der Waals surface area contributed by atoms with Gasteiger partial charge < -0.3 is 20.1 Å². The van der Waals surface area contributed by atoms with Crippen LogP contribution in [0.15, 0.2) is 77.3 Å². The number of amides is 2. The zero-order valence-electron chi connectivity index (χ0n) is 16.4. The fraction of sp³-hybridized carbons (Fsp3) is 0.130. The van der Waals surface area contributed by atoms with Gasteiger partial charge in [-0.05, 0) is 54.1 Å². The Labute approximate surface area is 183 Å². The van der Waals surface area contributed by atoms with Gasteiger partial charge in [0.2, 0.25) is 0 Å². The summed E-state index contributed by atoms with van der Waals surface area (Å²) in [5, 5.41) is 5.61. The molecule has 0 atom stereocenters. The Balaban J connectivity index is 1.58. The van der Waals surface area contributed by atoms with E-state index in [0.29, 0.717) is 23.5 Å². The first-order valence-electron chi connectivity index (χ1n) is 9.23. The molecule has 0 aliphatic carbocycles. The minimum atomic E-state index is -0.316. The third-order valence-electron chi connectivity index (χ3n) is 4.21. The van der Waals surface area contributed by atoms with Crippen LogP contribution in [0.5, 0.6) is 11.5 Å². The van der Waals surface area contributed by atoms with E-state index < -0.39 is 0 Å². The molecule has 0 spiro atoms. The Morgan fingerprint density at radius 3 is 2.50 bits per heavy atom. The highest BCUT2D eigenvalue weighted by molar-refractivity contribution is 9.10. The average Bonchev–Trinajstić information content (AvgIpc) is 2.78. The molecule has 3 aromatic rings. The van der Waals surface area contributed by atoms with E-state index >= 15 is 0 Å². The number of carbonyl (C=O) groups is 2. The summed E-state index contributed by atoms with van der Waals surface area (Å²) in [4.78, 5) is 24.8. The fourth-order valence-electron chi connectivity index (χ4n) is 2.71. The Kier molecular flexibility index (Phi) is 7.45. The second-order valence-electron chi connectivity index (χ2n) is 6.37. The van der Waals surface area contributed by atoms with Crippen molar-refractivity contribution in [2.45, 2.75) is 6.54 Å². The molecule has 0 aliphatic heterocycles. The zero-order chi connectivity index (χ0) is 21.3. The fourth-order valence-corrected chi connectivity index (χ4v) is 2.98. The number of carbonyl (C=O) groups excluding carboxylic acids is 2. The van der Waals surface area contributed by atoms with Gasteiger partial charge in [-0.3, -0.25) is 9.59 Å². The number of methoxy groups -OCH3 is 1. The van der Waals surface area contributed by atoms with Crippen LogP contribution >= 0.6 is 15.9 Å². The van der Waals surface area contributed by atoms with Crippen molar-refractivity contribution in [1.29, 1.82) is 0 Å². The first-order valence-corrected chi connectivity index (χ1v) is 10.0. The average molecular weight is 469 g/mol.